The van der Waals surface area contributed by atoms with Gasteiger partial charge >= 0.3 is 0 Å². The highest BCUT2D eigenvalue weighted by Crippen LogP contribution is 2.17. The van der Waals surface area contributed by atoms with Crippen LogP contribution in [0.3, 0.4) is 0 Å². The normalized spacial score (nSPS) is 10.4. The van der Waals surface area contributed by atoms with Crippen molar-refractivity contribution in [3.63, 3.8) is 0 Å². The minimum absolute atomic E-state index is 0.0423. The van der Waals surface area contributed by atoms with Gasteiger partial charge in [0.2, 0.25) is 5.91 Å². The number of carbonyl (C=O) groups is 1. The number of carbonyl (C=O) groups excluding carboxylic acids is 1. The maximum atomic E-state index is 12.0. The molecule has 0 fully saturated rings. The summed E-state index contributed by atoms with van der Waals surface area (Å²) in [6.45, 7) is 3.57. The zero-order valence-electron chi connectivity index (χ0n) is 14.5. The number of hydrogen-bond acceptors (Lipinski definition) is 3. The first-order chi connectivity index (χ1) is 11.7. The topological polar surface area (TPSA) is 50.4 Å². The molecule has 0 unspecified atom stereocenters. The number of benzene rings is 2. The van der Waals surface area contributed by atoms with E-state index in [1.54, 1.807) is 7.11 Å². The molecule has 2 rings (SSSR count). The summed E-state index contributed by atoms with van der Waals surface area (Å²) in [5, 5.41) is 6.30. The Morgan fingerprint density at radius 1 is 1.00 bits per heavy atom. The molecule has 0 radical (unpaired) electrons. The van der Waals surface area contributed by atoms with E-state index in [1.165, 1.54) is 5.56 Å². The van der Waals surface area contributed by atoms with Crippen molar-refractivity contribution < 1.29 is 9.53 Å². The molecular weight excluding hydrogens is 300 g/mol. The van der Waals surface area contributed by atoms with Crippen molar-refractivity contribution in [3.05, 3.63) is 59.7 Å². The van der Waals surface area contributed by atoms with Gasteiger partial charge in [-0.3, -0.25) is 4.79 Å². The molecule has 4 heteroatoms. The zero-order valence-corrected chi connectivity index (χ0v) is 14.5. The first kappa shape index (κ1) is 18.0. The fraction of sp³-hybridized carbons (Fsp3) is 0.350. The summed E-state index contributed by atoms with van der Waals surface area (Å²) >= 11 is 0. The van der Waals surface area contributed by atoms with Gasteiger partial charge in [0.15, 0.2) is 0 Å². The van der Waals surface area contributed by atoms with Crippen molar-refractivity contribution in [2.75, 3.05) is 25.5 Å². The Bertz CT molecular complexity index is 656. The van der Waals surface area contributed by atoms with Gasteiger partial charge in [-0.05, 0) is 42.6 Å². The minimum atomic E-state index is 0.0423. The maximum Gasteiger partial charge on any atom is 0.225 e. The minimum Gasteiger partial charge on any atom is -0.496 e. The highest BCUT2D eigenvalue weighted by Gasteiger charge is 2.05. The third kappa shape index (κ3) is 5.39. The number of methoxy groups -OCH3 is 1. The first-order valence-electron chi connectivity index (χ1n) is 8.45. The van der Waals surface area contributed by atoms with Gasteiger partial charge in [-0.2, -0.15) is 0 Å². The van der Waals surface area contributed by atoms with E-state index in [2.05, 4.69) is 23.6 Å². The van der Waals surface area contributed by atoms with Crippen molar-refractivity contribution in [2.24, 2.45) is 0 Å². The van der Waals surface area contributed by atoms with Crippen LogP contribution < -0.4 is 15.4 Å². The third-order valence-corrected chi connectivity index (χ3v) is 3.96. The predicted molar refractivity (Wildman–Crippen MR) is 98.6 cm³/mol. The van der Waals surface area contributed by atoms with Crippen LogP contribution >= 0.6 is 0 Å². The number of anilines is 1. The van der Waals surface area contributed by atoms with Crippen molar-refractivity contribution >= 4 is 11.6 Å². The summed E-state index contributed by atoms with van der Waals surface area (Å²) in [5.74, 6) is 0.953. The average Bonchev–Trinajstić information content (AvgIpc) is 2.62. The molecule has 0 atom stereocenters. The molecule has 0 bridgehead atoms. The Hall–Kier alpha value is -2.33. The van der Waals surface area contributed by atoms with Crippen molar-refractivity contribution in [1.29, 1.82) is 0 Å². The Morgan fingerprint density at radius 2 is 1.71 bits per heavy atom. The first-order valence-corrected chi connectivity index (χ1v) is 8.45. The molecule has 24 heavy (non-hydrogen) atoms. The van der Waals surface area contributed by atoms with Crippen molar-refractivity contribution in [1.82, 2.24) is 5.32 Å². The summed E-state index contributed by atoms with van der Waals surface area (Å²) < 4.78 is 5.34. The number of amides is 1. The lowest BCUT2D eigenvalue weighted by atomic mass is 10.1. The summed E-state index contributed by atoms with van der Waals surface area (Å²) in [5.41, 5.74) is 3.25. The van der Waals surface area contributed by atoms with E-state index in [0.29, 0.717) is 13.0 Å². The van der Waals surface area contributed by atoms with E-state index in [1.807, 2.05) is 42.5 Å². The zero-order chi connectivity index (χ0) is 17.2. The van der Waals surface area contributed by atoms with Gasteiger partial charge in [0.25, 0.3) is 0 Å². The molecule has 2 aromatic carbocycles. The van der Waals surface area contributed by atoms with Crippen molar-refractivity contribution in [2.45, 2.75) is 26.2 Å². The second-order valence-corrected chi connectivity index (χ2v) is 5.62. The van der Waals surface area contributed by atoms with Gasteiger partial charge in [-0.1, -0.05) is 43.3 Å². The quantitative estimate of drug-likeness (QED) is 0.694. The van der Waals surface area contributed by atoms with Crippen LogP contribution in [-0.4, -0.2) is 26.1 Å². The number of ether oxygens (including phenoxy) is 1. The van der Waals surface area contributed by atoms with E-state index < -0.39 is 0 Å². The largest absolute Gasteiger partial charge is 0.496 e. The lowest BCUT2D eigenvalue weighted by Crippen LogP contribution is -2.24. The van der Waals surface area contributed by atoms with Crippen LogP contribution in [0.5, 0.6) is 5.75 Å². The molecule has 0 aliphatic rings. The SMILES string of the molecule is CCc1ccccc1NC(=O)CCNCCc1ccccc1OC. The molecule has 0 aliphatic carbocycles. The molecule has 0 spiro atoms. The Kier molecular flexibility index (Phi) is 7.30. The summed E-state index contributed by atoms with van der Waals surface area (Å²) in [6, 6.07) is 15.9. The molecule has 128 valence electrons. The van der Waals surface area contributed by atoms with E-state index in [0.717, 1.165) is 36.4 Å². The molecule has 2 aromatic rings. The third-order valence-electron chi connectivity index (χ3n) is 3.96. The second-order valence-electron chi connectivity index (χ2n) is 5.62. The molecule has 0 saturated carbocycles. The van der Waals surface area contributed by atoms with Crippen LogP contribution in [0.4, 0.5) is 5.69 Å². The highest BCUT2D eigenvalue weighted by atomic mass is 16.5. The van der Waals surface area contributed by atoms with Crippen LogP contribution in [-0.2, 0) is 17.6 Å². The summed E-state index contributed by atoms with van der Waals surface area (Å²) in [4.78, 5) is 12.0. The van der Waals surface area contributed by atoms with Gasteiger partial charge in [0, 0.05) is 18.7 Å². The number of para-hydroxylation sites is 2. The number of nitrogens with one attached hydrogen (secondary N) is 2. The Morgan fingerprint density at radius 3 is 2.46 bits per heavy atom. The number of rotatable bonds is 9. The molecule has 0 heterocycles. The molecule has 4 nitrogen and oxygen atoms in total. The van der Waals surface area contributed by atoms with E-state index in [9.17, 15) is 4.79 Å². The van der Waals surface area contributed by atoms with Crippen LogP contribution in [0.2, 0.25) is 0 Å². The van der Waals surface area contributed by atoms with E-state index in [-0.39, 0.29) is 5.91 Å². The van der Waals surface area contributed by atoms with Crippen LogP contribution in [0.15, 0.2) is 48.5 Å². The van der Waals surface area contributed by atoms with Gasteiger partial charge in [-0.25, -0.2) is 0 Å². The summed E-state index contributed by atoms with van der Waals surface area (Å²) in [7, 11) is 1.69. The Balaban J connectivity index is 1.69. The second kappa shape index (κ2) is 9.73. The van der Waals surface area contributed by atoms with Gasteiger partial charge < -0.3 is 15.4 Å². The van der Waals surface area contributed by atoms with Crippen LogP contribution in [0.25, 0.3) is 0 Å². The smallest absolute Gasteiger partial charge is 0.225 e. The maximum absolute atomic E-state index is 12.0. The van der Waals surface area contributed by atoms with E-state index in [4.69, 9.17) is 4.74 Å². The molecule has 2 N–H and O–H groups in total. The van der Waals surface area contributed by atoms with Gasteiger partial charge in [0.05, 0.1) is 7.11 Å². The monoisotopic (exact) mass is 326 g/mol. The van der Waals surface area contributed by atoms with Crippen LogP contribution in [0.1, 0.15) is 24.5 Å². The van der Waals surface area contributed by atoms with Crippen molar-refractivity contribution in [3.8, 4) is 5.75 Å². The summed E-state index contributed by atoms with van der Waals surface area (Å²) in [6.07, 6.45) is 2.25. The lowest BCUT2D eigenvalue weighted by Gasteiger charge is -2.11. The van der Waals surface area contributed by atoms with Gasteiger partial charge in [0.1, 0.15) is 5.75 Å². The predicted octanol–water partition coefficient (Wildman–Crippen LogP) is 3.42. The standard InChI is InChI=1S/C20H26N2O2/c1-3-16-8-4-6-10-18(16)22-20(23)13-15-21-14-12-17-9-5-7-11-19(17)24-2/h4-11,21H,3,12-15H2,1-2H3,(H,22,23). The number of aryl methyl sites for hydroxylation is 1. The molecule has 0 aliphatic heterocycles. The molecule has 1 amide bonds. The highest BCUT2D eigenvalue weighted by molar-refractivity contribution is 5.91. The molecule has 0 aromatic heterocycles. The lowest BCUT2D eigenvalue weighted by molar-refractivity contribution is -0.116. The molecular formula is C20H26N2O2. The Labute approximate surface area is 144 Å². The fourth-order valence-corrected chi connectivity index (χ4v) is 2.62. The van der Waals surface area contributed by atoms with Crippen LogP contribution in [0, 0.1) is 0 Å². The number of hydrogen-bond donors (Lipinski definition) is 2. The van der Waals surface area contributed by atoms with E-state index >= 15 is 0 Å². The molecule has 0 saturated heterocycles. The fourth-order valence-electron chi connectivity index (χ4n) is 2.62. The average molecular weight is 326 g/mol. The van der Waals surface area contributed by atoms with Gasteiger partial charge in [-0.15, -0.1) is 0 Å².